The Kier molecular flexibility index (Phi) is 4.58. The quantitative estimate of drug-likeness (QED) is 0.909. The fourth-order valence-corrected chi connectivity index (χ4v) is 1.95. The summed E-state index contributed by atoms with van der Waals surface area (Å²) < 4.78 is 11.0. The molecular formula is C16H18ClNO3. The number of benzene rings is 1. The lowest BCUT2D eigenvalue weighted by atomic mass is 10.1. The molecule has 2 aromatic rings. The van der Waals surface area contributed by atoms with Gasteiger partial charge >= 0.3 is 0 Å². The van der Waals surface area contributed by atoms with Crippen LogP contribution in [0, 0.1) is 0 Å². The second kappa shape index (κ2) is 6.22. The van der Waals surface area contributed by atoms with Crippen LogP contribution in [0.3, 0.4) is 0 Å². The zero-order chi connectivity index (χ0) is 15.5. The lowest BCUT2D eigenvalue weighted by Gasteiger charge is -2.26. The summed E-state index contributed by atoms with van der Waals surface area (Å²) in [6, 6.07) is 10.3. The second-order valence-corrected chi connectivity index (χ2v) is 5.71. The van der Waals surface area contributed by atoms with Crippen molar-refractivity contribution >= 4 is 17.5 Å². The van der Waals surface area contributed by atoms with Gasteiger partial charge in [-0.25, -0.2) is 0 Å². The topological polar surface area (TPSA) is 51.5 Å². The van der Waals surface area contributed by atoms with E-state index < -0.39 is 5.60 Å². The van der Waals surface area contributed by atoms with Crippen molar-refractivity contribution < 1.29 is 13.9 Å². The summed E-state index contributed by atoms with van der Waals surface area (Å²) in [7, 11) is 0. The van der Waals surface area contributed by atoms with Crippen LogP contribution in [0.25, 0.3) is 0 Å². The molecule has 0 radical (unpaired) electrons. The Balaban J connectivity index is 2.01. The Morgan fingerprint density at radius 1 is 1.29 bits per heavy atom. The number of halogens is 1. The van der Waals surface area contributed by atoms with Gasteiger partial charge in [-0.3, -0.25) is 4.79 Å². The maximum atomic E-state index is 12.3. The molecule has 1 aromatic carbocycles. The molecule has 0 aliphatic carbocycles. The Hall–Kier alpha value is -1.94. The van der Waals surface area contributed by atoms with E-state index in [2.05, 4.69) is 5.32 Å². The van der Waals surface area contributed by atoms with Gasteiger partial charge in [-0.05, 0) is 57.2 Å². The van der Waals surface area contributed by atoms with Crippen molar-refractivity contribution in [1.82, 2.24) is 5.32 Å². The number of hydrogen-bond donors (Lipinski definition) is 1. The molecule has 0 spiro atoms. The minimum Gasteiger partial charge on any atom is -0.478 e. The third-order valence-electron chi connectivity index (χ3n) is 3.05. The van der Waals surface area contributed by atoms with Gasteiger partial charge in [-0.15, -0.1) is 0 Å². The van der Waals surface area contributed by atoms with Gasteiger partial charge in [0.25, 0.3) is 5.91 Å². The third-order valence-corrected chi connectivity index (χ3v) is 3.30. The van der Waals surface area contributed by atoms with E-state index in [9.17, 15) is 4.79 Å². The largest absolute Gasteiger partial charge is 0.478 e. The van der Waals surface area contributed by atoms with Gasteiger partial charge in [0.15, 0.2) is 5.60 Å². The van der Waals surface area contributed by atoms with Gasteiger partial charge in [0.2, 0.25) is 0 Å². The van der Waals surface area contributed by atoms with Gasteiger partial charge in [-0.1, -0.05) is 11.6 Å². The zero-order valence-corrected chi connectivity index (χ0v) is 13.0. The molecule has 1 atom stereocenters. The highest BCUT2D eigenvalue weighted by Crippen LogP contribution is 2.22. The number of hydrogen-bond acceptors (Lipinski definition) is 3. The van der Waals surface area contributed by atoms with Crippen LogP contribution in [0.4, 0.5) is 0 Å². The standard InChI is InChI=1S/C16H18ClNO3/c1-11(14-5-4-10-20-14)18-15(19)16(2,3)21-13-8-6-12(17)7-9-13/h4-11H,1-3H3,(H,18,19). The molecule has 1 N–H and O–H groups in total. The molecule has 0 aliphatic rings. The van der Waals surface area contributed by atoms with Crippen molar-refractivity contribution in [3.8, 4) is 5.75 Å². The number of amides is 1. The molecule has 2 rings (SSSR count). The molecule has 5 heteroatoms. The van der Waals surface area contributed by atoms with Crippen LogP contribution < -0.4 is 10.1 Å². The Morgan fingerprint density at radius 2 is 1.95 bits per heavy atom. The lowest BCUT2D eigenvalue weighted by molar-refractivity contribution is -0.135. The molecule has 1 unspecified atom stereocenters. The van der Waals surface area contributed by atoms with Gasteiger partial charge in [0.1, 0.15) is 11.5 Å². The van der Waals surface area contributed by atoms with Gasteiger partial charge in [0, 0.05) is 5.02 Å². The number of furan rings is 1. The second-order valence-electron chi connectivity index (χ2n) is 5.28. The molecular weight excluding hydrogens is 290 g/mol. The fraction of sp³-hybridized carbons (Fsp3) is 0.312. The van der Waals surface area contributed by atoms with Crippen LogP contribution in [-0.2, 0) is 4.79 Å². The predicted molar refractivity (Wildman–Crippen MR) is 81.4 cm³/mol. The van der Waals surface area contributed by atoms with E-state index in [1.807, 2.05) is 13.0 Å². The van der Waals surface area contributed by atoms with Gasteiger partial charge < -0.3 is 14.5 Å². The zero-order valence-electron chi connectivity index (χ0n) is 12.2. The molecule has 0 saturated heterocycles. The van der Waals surface area contributed by atoms with E-state index in [1.54, 1.807) is 50.4 Å². The minimum absolute atomic E-state index is 0.221. The summed E-state index contributed by atoms with van der Waals surface area (Å²) in [5.41, 5.74) is -1.01. The van der Waals surface area contributed by atoms with Crippen molar-refractivity contribution in [2.24, 2.45) is 0 Å². The summed E-state index contributed by atoms with van der Waals surface area (Å²) in [5, 5.41) is 3.49. The number of ether oxygens (including phenoxy) is 1. The summed E-state index contributed by atoms with van der Waals surface area (Å²) in [5.74, 6) is 1.07. The van der Waals surface area contributed by atoms with Crippen LogP contribution in [0.15, 0.2) is 47.1 Å². The van der Waals surface area contributed by atoms with Crippen molar-refractivity contribution in [1.29, 1.82) is 0 Å². The molecule has 0 saturated carbocycles. The summed E-state index contributed by atoms with van der Waals surface area (Å²) >= 11 is 5.83. The smallest absolute Gasteiger partial charge is 0.264 e. The normalized spacial score (nSPS) is 12.8. The van der Waals surface area contributed by atoms with Crippen molar-refractivity contribution in [2.45, 2.75) is 32.4 Å². The van der Waals surface area contributed by atoms with E-state index in [0.717, 1.165) is 0 Å². The van der Waals surface area contributed by atoms with E-state index in [1.165, 1.54) is 0 Å². The monoisotopic (exact) mass is 307 g/mol. The summed E-state index contributed by atoms with van der Waals surface area (Å²) in [6.45, 7) is 5.28. The maximum Gasteiger partial charge on any atom is 0.264 e. The Labute approximate surface area is 129 Å². The first-order valence-electron chi connectivity index (χ1n) is 6.67. The van der Waals surface area contributed by atoms with Crippen LogP contribution in [0.5, 0.6) is 5.75 Å². The Morgan fingerprint density at radius 3 is 2.52 bits per heavy atom. The van der Waals surface area contributed by atoms with E-state index in [4.69, 9.17) is 20.8 Å². The van der Waals surface area contributed by atoms with Crippen LogP contribution in [-0.4, -0.2) is 11.5 Å². The highest BCUT2D eigenvalue weighted by atomic mass is 35.5. The maximum absolute atomic E-state index is 12.3. The summed E-state index contributed by atoms with van der Waals surface area (Å²) in [6.07, 6.45) is 1.58. The summed E-state index contributed by atoms with van der Waals surface area (Å²) in [4.78, 5) is 12.3. The van der Waals surface area contributed by atoms with Gasteiger partial charge in [0.05, 0.1) is 12.3 Å². The van der Waals surface area contributed by atoms with Crippen LogP contribution >= 0.6 is 11.6 Å². The van der Waals surface area contributed by atoms with Gasteiger partial charge in [-0.2, -0.15) is 0 Å². The van der Waals surface area contributed by atoms with Crippen molar-refractivity contribution in [3.63, 3.8) is 0 Å². The SMILES string of the molecule is CC(NC(=O)C(C)(C)Oc1ccc(Cl)cc1)c1ccco1. The Bertz CT molecular complexity index is 590. The molecule has 0 fully saturated rings. The molecule has 21 heavy (non-hydrogen) atoms. The number of carbonyl (C=O) groups excluding carboxylic acids is 1. The van der Waals surface area contributed by atoms with Crippen molar-refractivity contribution in [3.05, 3.63) is 53.4 Å². The molecule has 1 amide bonds. The number of nitrogens with one attached hydrogen (secondary N) is 1. The number of carbonyl (C=O) groups is 1. The van der Waals surface area contributed by atoms with E-state index in [-0.39, 0.29) is 11.9 Å². The molecule has 0 aliphatic heterocycles. The third kappa shape index (κ3) is 4.02. The number of rotatable bonds is 5. The average Bonchev–Trinajstić information content (AvgIpc) is 2.95. The first kappa shape index (κ1) is 15.4. The molecule has 4 nitrogen and oxygen atoms in total. The highest BCUT2D eigenvalue weighted by Gasteiger charge is 2.31. The lowest BCUT2D eigenvalue weighted by Crippen LogP contribution is -2.47. The van der Waals surface area contributed by atoms with Crippen LogP contribution in [0.2, 0.25) is 5.02 Å². The first-order valence-corrected chi connectivity index (χ1v) is 7.05. The predicted octanol–water partition coefficient (Wildman–Crippen LogP) is 3.97. The fourth-order valence-electron chi connectivity index (χ4n) is 1.82. The molecule has 112 valence electrons. The average molecular weight is 308 g/mol. The van der Waals surface area contributed by atoms with Crippen LogP contribution in [0.1, 0.15) is 32.6 Å². The van der Waals surface area contributed by atoms with Crippen molar-refractivity contribution in [2.75, 3.05) is 0 Å². The molecule has 1 heterocycles. The van der Waals surface area contributed by atoms with E-state index in [0.29, 0.717) is 16.5 Å². The molecule has 1 aromatic heterocycles. The minimum atomic E-state index is -1.01. The molecule has 0 bridgehead atoms. The first-order chi connectivity index (χ1) is 9.88. The highest BCUT2D eigenvalue weighted by molar-refractivity contribution is 6.30. The van der Waals surface area contributed by atoms with E-state index >= 15 is 0 Å².